The average molecular weight is 536 g/mol. The van der Waals surface area contributed by atoms with Crippen molar-refractivity contribution >= 4 is 34.2 Å². The average Bonchev–Trinajstić information content (AvgIpc) is 3.26. The number of phenolic OH excluding ortho intramolecular Hbond substituents is 1. The number of aryl methyl sites for hydroxylation is 1. The summed E-state index contributed by atoms with van der Waals surface area (Å²) < 4.78 is 6.47. The van der Waals surface area contributed by atoms with E-state index in [-0.39, 0.29) is 34.1 Å². The summed E-state index contributed by atoms with van der Waals surface area (Å²) >= 11 is 0. The van der Waals surface area contributed by atoms with E-state index in [0.717, 1.165) is 12.0 Å². The Balaban J connectivity index is 1.64. The molecule has 0 aliphatic carbocycles. The first-order chi connectivity index (χ1) is 19.3. The van der Waals surface area contributed by atoms with Crippen molar-refractivity contribution in [2.24, 2.45) is 10.2 Å². The van der Waals surface area contributed by atoms with Crippen molar-refractivity contribution in [3.63, 3.8) is 0 Å². The quantitative estimate of drug-likeness (QED) is 0.149. The number of aromatic carboxylic acids is 1. The first-order valence-electron chi connectivity index (χ1n) is 12.4. The fraction of sp³-hybridized carbons (Fsp3) is 0.0968. The van der Waals surface area contributed by atoms with E-state index in [9.17, 15) is 24.9 Å². The van der Waals surface area contributed by atoms with Gasteiger partial charge < -0.3 is 20.1 Å². The van der Waals surface area contributed by atoms with E-state index in [0.29, 0.717) is 27.7 Å². The molecule has 0 saturated heterocycles. The Labute approximate surface area is 229 Å². The Morgan fingerprint density at radius 3 is 2.33 bits per heavy atom. The highest BCUT2D eigenvalue weighted by molar-refractivity contribution is 6.01. The van der Waals surface area contributed by atoms with E-state index in [1.54, 1.807) is 53.1 Å². The summed E-state index contributed by atoms with van der Waals surface area (Å²) in [6.07, 6.45) is 0.865. The van der Waals surface area contributed by atoms with E-state index in [4.69, 9.17) is 4.74 Å². The van der Waals surface area contributed by atoms with Gasteiger partial charge in [0.25, 0.3) is 0 Å². The molecule has 0 unspecified atom stereocenters. The number of ether oxygens (including phenoxy) is 1. The number of hydrogen-bond donors (Lipinski definition) is 3. The molecular formula is C31H25N3O6. The van der Waals surface area contributed by atoms with Crippen LogP contribution in [0.4, 0.5) is 11.4 Å². The summed E-state index contributed by atoms with van der Waals surface area (Å²) in [6, 6.07) is 23.6. The van der Waals surface area contributed by atoms with E-state index in [1.807, 2.05) is 24.3 Å². The van der Waals surface area contributed by atoms with E-state index >= 15 is 0 Å². The van der Waals surface area contributed by atoms with Gasteiger partial charge in [-0.15, -0.1) is 10.2 Å². The lowest BCUT2D eigenvalue weighted by atomic mass is 10.0. The molecule has 40 heavy (non-hydrogen) atoms. The van der Waals surface area contributed by atoms with E-state index in [2.05, 4.69) is 17.2 Å². The molecule has 0 bridgehead atoms. The number of azo groups is 1. The zero-order chi connectivity index (χ0) is 28.4. The van der Waals surface area contributed by atoms with Crippen LogP contribution >= 0.6 is 0 Å². The second-order valence-corrected chi connectivity index (χ2v) is 9.01. The summed E-state index contributed by atoms with van der Waals surface area (Å²) in [4.78, 5) is 23.7. The Morgan fingerprint density at radius 2 is 1.62 bits per heavy atom. The molecule has 0 aliphatic rings. The number of phenols is 1. The maximum Gasteiger partial charge on any atom is 0.337 e. The highest BCUT2D eigenvalue weighted by Gasteiger charge is 2.21. The molecule has 5 aromatic rings. The zero-order valence-electron chi connectivity index (χ0n) is 21.7. The number of nitrogens with zero attached hydrogens (tertiary/aromatic N) is 3. The summed E-state index contributed by atoms with van der Waals surface area (Å²) in [6.45, 7) is 2.05. The smallest absolute Gasteiger partial charge is 0.337 e. The van der Waals surface area contributed by atoms with E-state index < -0.39 is 11.9 Å². The van der Waals surface area contributed by atoms with Crippen LogP contribution in [0.5, 0.6) is 11.6 Å². The molecule has 3 N–H and O–H groups in total. The van der Waals surface area contributed by atoms with Gasteiger partial charge >= 0.3 is 11.9 Å². The maximum absolute atomic E-state index is 12.2. The molecule has 4 aromatic carbocycles. The van der Waals surface area contributed by atoms with Gasteiger partial charge in [-0.05, 0) is 66.1 Å². The van der Waals surface area contributed by atoms with Gasteiger partial charge in [0.05, 0.1) is 23.8 Å². The lowest BCUT2D eigenvalue weighted by molar-refractivity contribution is 0.0600. The third kappa shape index (κ3) is 4.76. The van der Waals surface area contributed by atoms with Gasteiger partial charge in [-0.2, -0.15) is 0 Å². The number of esters is 1. The Bertz CT molecular complexity index is 1790. The van der Waals surface area contributed by atoms with Crippen LogP contribution in [0.25, 0.3) is 27.7 Å². The number of aromatic nitrogens is 1. The molecule has 0 aliphatic heterocycles. The molecular weight excluding hydrogens is 510 g/mol. The van der Waals surface area contributed by atoms with Crippen molar-refractivity contribution in [1.82, 2.24) is 4.57 Å². The number of para-hydroxylation sites is 1. The zero-order valence-corrected chi connectivity index (χ0v) is 21.7. The fourth-order valence-electron chi connectivity index (χ4n) is 4.52. The van der Waals surface area contributed by atoms with Crippen LogP contribution in [0.2, 0.25) is 0 Å². The number of aromatic hydroxyl groups is 2. The van der Waals surface area contributed by atoms with Crippen LogP contribution in [0.15, 0.2) is 95.2 Å². The number of benzene rings is 4. The highest BCUT2D eigenvalue weighted by Crippen LogP contribution is 2.44. The number of hydrogen-bond acceptors (Lipinski definition) is 7. The number of rotatable bonds is 7. The Hall–Kier alpha value is -5.44. The van der Waals surface area contributed by atoms with Crippen molar-refractivity contribution < 1.29 is 29.6 Å². The standard InChI is InChI=1S/C31H25N3O6/c1-3-18-10-13-22(14-11-18)34-26-15-12-21(31(39)40-2)17-24(26)27(29(34)36)33-32-25-9-5-8-23(28(25)35)19-6-4-7-20(16-19)30(37)38/h4-17,35-36H,3H2,1-2H3,(H,37,38). The summed E-state index contributed by atoms with van der Waals surface area (Å²) in [5.74, 6) is -2.03. The van der Waals surface area contributed by atoms with Gasteiger partial charge in [-0.25, -0.2) is 9.59 Å². The van der Waals surface area contributed by atoms with Crippen LogP contribution in [-0.2, 0) is 11.2 Å². The number of fused-ring (bicyclic) bond motifs is 1. The molecule has 0 radical (unpaired) electrons. The second-order valence-electron chi connectivity index (χ2n) is 9.01. The lowest BCUT2D eigenvalue weighted by Gasteiger charge is -2.08. The fourth-order valence-corrected chi connectivity index (χ4v) is 4.52. The van der Waals surface area contributed by atoms with Crippen LogP contribution in [0.1, 0.15) is 33.2 Å². The molecule has 0 amide bonds. The predicted octanol–water partition coefficient (Wildman–Crippen LogP) is 7.17. The number of carbonyl (C=O) groups excluding carboxylic acids is 1. The minimum Gasteiger partial charge on any atom is -0.505 e. The minimum atomic E-state index is -1.08. The largest absolute Gasteiger partial charge is 0.505 e. The molecule has 0 saturated carbocycles. The monoisotopic (exact) mass is 535 g/mol. The maximum atomic E-state index is 12.2. The second kappa shape index (κ2) is 10.7. The van der Waals surface area contributed by atoms with Crippen molar-refractivity contribution in [2.45, 2.75) is 13.3 Å². The normalized spacial score (nSPS) is 11.2. The summed E-state index contributed by atoms with van der Waals surface area (Å²) in [5.41, 5.74) is 3.83. The van der Waals surface area contributed by atoms with Crippen molar-refractivity contribution in [3.8, 4) is 28.4 Å². The summed E-state index contributed by atoms with van der Waals surface area (Å²) in [7, 11) is 1.28. The van der Waals surface area contributed by atoms with Gasteiger partial charge in [0, 0.05) is 16.6 Å². The van der Waals surface area contributed by atoms with Crippen LogP contribution in [-0.4, -0.2) is 38.9 Å². The third-order valence-electron chi connectivity index (χ3n) is 6.63. The first-order valence-corrected chi connectivity index (χ1v) is 12.4. The van der Waals surface area contributed by atoms with E-state index in [1.165, 1.54) is 19.2 Å². The van der Waals surface area contributed by atoms with Crippen molar-refractivity contribution in [3.05, 3.63) is 102 Å². The topological polar surface area (TPSA) is 134 Å². The number of carboxylic acid groups (broad SMARTS) is 1. The number of carbonyl (C=O) groups is 2. The first kappa shape index (κ1) is 26.2. The predicted molar refractivity (Wildman–Crippen MR) is 150 cm³/mol. The molecule has 1 heterocycles. The molecule has 1 aromatic heterocycles. The van der Waals surface area contributed by atoms with Crippen molar-refractivity contribution in [1.29, 1.82) is 0 Å². The van der Waals surface area contributed by atoms with Gasteiger partial charge in [-0.1, -0.05) is 43.3 Å². The molecule has 9 nitrogen and oxygen atoms in total. The SMILES string of the molecule is CCc1ccc(-n2c(O)c(N=Nc3cccc(-c4cccc(C(=O)O)c4)c3O)c3cc(C(=O)OC)ccc32)cc1. The van der Waals surface area contributed by atoms with Crippen LogP contribution < -0.4 is 0 Å². The van der Waals surface area contributed by atoms with Crippen molar-refractivity contribution in [2.75, 3.05) is 7.11 Å². The van der Waals surface area contributed by atoms with Crippen LogP contribution in [0.3, 0.4) is 0 Å². The van der Waals surface area contributed by atoms with Gasteiger partial charge in [0.1, 0.15) is 5.69 Å². The Morgan fingerprint density at radius 1 is 0.875 bits per heavy atom. The molecule has 0 fully saturated rings. The van der Waals surface area contributed by atoms with Gasteiger partial charge in [-0.3, -0.25) is 4.57 Å². The molecule has 9 heteroatoms. The van der Waals surface area contributed by atoms with Crippen LogP contribution in [0, 0.1) is 0 Å². The van der Waals surface area contributed by atoms with Gasteiger partial charge in [0.15, 0.2) is 11.4 Å². The summed E-state index contributed by atoms with van der Waals surface area (Å²) in [5, 5.41) is 40.6. The Kier molecular flexibility index (Phi) is 7.03. The molecule has 0 spiro atoms. The molecule has 5 rings (SSSR count). The highest BCUT2D eigenvalue weighted by atomic mass is 16.5. The minimum absolute atomic E-state index is 0.0787. The number of methoxy groups -OCH3 is 1. The molecule has 0 atom stereocenters. The van der Waals surface area contributed by atoms with Gasteiger partial charge in [0.2, 0.25) is 5.88 Å². The number of carboxylic acids is 1. The molecule has 200 valence electrons. The lowest BCUT2D eigenvalue weighted by Crippen LogP contribution is -2.00. The third-order valence-corrected chi connectivity index (χ3v) is 6.63.